The molecule has 12 heteroatoms. The lowest BCUT2D eigenvalue weighted by Crippen LogP contribution is -2.40. The molecule has 0 bridgehead atoms. The van der Waals surface area contributed by atoms with Gasteiger partial charge in [-0.25, -0.2) is 16.8 Å². The molecule has 1 heterocycles. The molecule has 1 fully saturated rings. The maximum absolute atomic E-state index is 12.9. The highest BCUT2D eigenvalue weighted by Crippen LogP contribution is 2.30. The second-order valence-corrected chi connectivity index (χ2v) is 12.1. The van der Waals surface area contributed by atoms with Crippen LogP contribution in [0.5, 0.6) is 0 Å². The van der Waals surface area contributed by atoms with Gasteiger partial charge in [0.15, 0.2) is 0 Å². The molecule has 9 nitrogen and oxygen atoms in total. The average molecular weight is 514 g/mol. The van der Waals surface area contributed by atoms with Crippen molar-refractivity contribution in [1.29, 1.82) is 0 Å². The van der Waals surface area contributed by atoms with Crippen LogP contribution in [-0.4, -0.2) is 59.6 Å². The van der Waals surface area contributed by atoms with Crippen molar-refractivity contribution in [2.24, 2.45) is 5.92 Å². The maximum atomic E-state index is 12.9. The van der Waals surface area contributed by atoms with Crippen LogP contribution in [0.1, 0.15) is 13.8 Å². The number of hydrogen-bond donors (Lipinski definition) is 2. The summed E-state index contributed by atoms with van der Waals surface area (Å²) < 4.78 is 60.3. The number of ether oxygens (including phenoxy) is 1. The van der Waals surface area contributed by atoms with Crippen molar-refractivity contribution in [2.45, 2.75) is 28.5 Å². The lowest BCUT2D eigenvalue weighted by Gasteiger charge is -2.26. The van der Waals surface area contributed by atoms with E-state index < -0.39 is 20.0 Å². The molecule has 3 rings (SSSR count). The van der Waals surface area contributed by atoms with Crippen molar-refractivity contribution < 1.29 is 26.4 Å². The number of benzene rings is 2. The summed E-state index contributed by atoms with van der Waals surface area (Å²) in [4.78, 5) is 12.9. The number of rotatable bonds is 8. The molecular formula is C21H27N3O6S3. The first kappa shape index (κ1) is 25.5. The van der Waals surface area contributed by atoms with Crippen LogP contribution in [0.3, 0.4) is 0 Å². The first-order chi connectivity index (χ1) is 15.5. The molecule has 1 saturated heterocycles. The molecule has 1 amide bonds. The van der Waals surface area contributed by atoms with Crippen molar-refractivity contribution in [1.82, 2.24) is 4.31 Å². The SMILES string of the molecule is CSc1ccc(S(=O)(=O)Nc2ccc(S(=O)(=O)N3CCOCC3)cc2)cc1NC(=O)C(C)C. The zero-order valence-electron chi connectivity index (χ0n) is 18.6. The number of morpholine rings is 1. The summed E-state index contributed by atoms with van der Waals surface area (Å²) in [6.07, 6.45) is 1.83. The number of thioether (sulfide) groups is 1. The summed E-state index contributed by atoms with van der Waals surface area (Å²) in [6, 6.07) is 10.0. The predicted octanol–water partition coefficient (Wildman–Crippen LogP) is 2.82. The molecule has 1 aliphatic heterocycles. The van der Waals surface area contributed by atoms with E-state index >= 15 is 0 Å². The number of nitrogens with zero attached hydrogens (tertiary/aromatic N) is 1. The van der Waals surface area contributed by atoms with Crippen LogP contribution in [0.25, 0.3) is 0 Å². The molecule has 0 spiro atoms. The Morgan fingerprint density at radius 2 is 1.61 bits per heavy atom. The quantitative estimate of drug-likeness (QED) is 0.521. The minimum Gasteiger partial charge on any atom is -0.379 e. The third-order valence-corrected chi connectivity index (χ3v) is 9.07. The molecule has 2 N–H and O–H groups in total. The van der Waals surface area contributed by atoms with Crippen LogP contribution in [0.15, 0.2) is 57.2 Å². The van der Waals surface area contributed by atoms with Gasteiger partial charge < -0.3 is 10.1 Å². The lowest BCUT2D eigenvalue weighted by atomic mass is 10.2. The summed E-state index contributed by atoms with van der Waals surface area (Å²) in [5.74, 6) is -0.477. The van der Waals surface area contributed by atoms with Crippen molar-refractivity contribution in [3.63, 3.8) is 0 Å². The Morgan fingerprint density at radius 1 is 1.00 bits per heavy atom. The summed E-state index contributed by atoms with van der Waals surface area (Å²) in [5, 5.41) is 2.76. The topological polar surface area (TPSA) is 122 Å². The maximum Gasteiger partial charge on any atom is 0.261 e. The number of carbonyl (C=O) groups excluding carboxylic acids is 1. The number of amides is 1. The molecule has 0 unspecified atom stereocenters. The van der Waals surface area contributed by atoms with Crippen LogP contribution < -0.4 is 10.0 Å². The number of sulfonamides is 2. The molecule has 33 heavy (non-hydrogen) atoms. The second kappa shape index (κ2) is 10.4. The highest BCUT2D eigenvalue weighted by atomic mass is 32.2. The van der Waals surface area contributed by atoms with Gasteiger partial charge in [0, 0.05) is 29.6 Å². The molecule has 0 saturated carbocycles. The van der Waals surface area contributed by atoms with Crippen LogP contribution in [0.2, 0.25) is 0 Å². The number of anilines is 2. The van der Waals surface area contributed by atoms with Gasteiger partial charge in [-0.3, -0.25) is 9.52 Å². The van der Waals surface area contributed by atoms with Gasteiger partial charge in [0.05, 0.1) is 28.7 Å². The fourth-order valence-electron chi connectivity index (χ4n) is 3.07. The largest absolute Gasteiger partial charge is 0.379 e. The van der Waals surface area contributed by atoms with E-state index in [0.717, 1.165) is 4.90 Å². The molecule has 1 aliphatic rings. The van der Waals surface area contributed by atoms with Gasteiger partial charge in [0.1, 0.15) is 0 Å². The van der Waals surface area contributed by atoms with Gasteiger partial charge in [-0.1, -0.05) is 13.8 Å². The smallest absolute Gasteiger partial charge is 0.261 e. The summed E-state index contributed by atoms with van der Waals surface area (Å²) >= 11 is 1.39. The molecule has 2 aromatic rings. The van der Waals surface area contributed by atoms with Gasteiger partial charge in [-0.05, 0) is 48.7 Å². The van der Waals surface area contributed by atoms with E-state index in [1.165, 1.54) is 52.5 Å². The Bertz CT molecular complexity index is 1210. The van der Waals surface area contributed by atoms with Crippen molar-refractivity contribution in [2.75, 3.05) is 42.6 Å². The van der Waals surface area contributed by atoms with Gasteiger partial charge in [0.25, 0.3) is 10.0 Å². The number of hydrogen-bond acceptors (Lipinski definition) is 7. The molecule has 0 atom stereocenters. The summed E-state index contributed by atoms with van der Waals surface area (Å²) in [5.41, 5.74) is 0.633. The highest BCUT2D eigenvalue weighted by Gasteiger charge is 2.26. The van der Waals surface area contributed by atoms with Crippen molar-refractivity contribution in [3.8, 4) is 0 Å². The summed E-state index contributed by atoms with van der Waals surface area (Å²) in [7, 11) is -7.65. The van der Waals surface area contributed by atoms with Crippen LogP contribution in [0.4, 0.5) is 11.4 Å². The van der Waals surface area contributed by atoms with Crippen LogP contribution in [-0.2, 0) is 29.6 Å². The second-order valence-electron chi connectivity index (χ2n) is 7.65. The molecular weight excluding hydrogens is 486 g/mol. The Balaban J connectivity index is 1.81. The molecule has 0 radical (unpaired) electrons. The Labute approximate surface area is 199 Å². The van der Waals surface area contributed by atoms with E-state index in [2.05, 4.69) is 10.0 Å². The fourth-order valence-corrected chi connectivity index (χ4v) is 6.10. The molecule has 0 aromatic heterocycles. The lowest BCUT2D eigenvalue weighted by molar-refractivity contribution is -0.118. The molecule has 180 valence electrons. The van der Waals surface area contributed by atoms with Crippen LogP contribution >= 0.6 is 11.8 Å². The fraction of sp³-hybridized carbons (Fsp3) is 0.381. The third-order valence-electron chi connectivity index (χ3n) is 4.98. The molecule has 2 aromatic carbocycles. The first-order valence-corrected chi connectivity index (χ1v) is 14.4. The summed E-state index contributed by atoms with van der Waals surface area (Å²) in [6.45, 7) is 4.73. The van der Waals surface area contributed by atoms with E-state index in [1.54, 1.807) is 19.9 Å². The highest BCUT2D eigenvalue weighted by molar-refractivity contribution is 7.98. The predicted molar refractivity (Wildman–Crippen MR) is 129 cm³/mol. The zero-order chi connectivity index (χ0) is 24.2. The monoisotopic (exact) mass is 513 g/mol. The minimum atomic E-state index is -3.97. The minimum absolute atomic E-state index is 0.0237. The van der Waals surface area contributed by atoms with E-state index in [9.17, 15) is 21.6 Å². The van der Waals surface area contributed by atoms with Crippen molar-refractivity contribution in [3.05, 3.63) is 42.5 Å². The van der Waals surface area contributed by atoms with Gasteiger partial charge in [-0.2, -0.15) is 4.31 Å². The van der Waals surface area contributed by atoms with E-state index in [0.29, 0.717) is 18.9 Å². The van der Waals surface area contributed by atoms with Crippen LogP contribution in [0, 0.1) is 5.92 Å². The number of nitrogens with one attached hydrogen (secondary N) is 2. The Kier molecular flexibility index (Phi) is 8.06. The molecule has 0 aliphatic carbocycles. The third kappa shape index (κ3) is 6.07. The normalized spacial score (nSPS) is 15.4. The number of carbonyl (C=O) groups is 1. The zero-order valence-corrected chi connectivity index (χ0v) is 21.0. The Morgan fingerprint density at radius 3 is 2.18 bits per heavy atom. The first-order valence-electron chi connectivity index (χ1n) is 10.2. The Hall–Kier alpha value is -2.12. The van der Waals surface area contributed by atoms with Crippen molar-refractivity contribution >= 4 is 49.1 Å². The standard InChI is InChI=1S/C21H27N3O6S3/c1-15(2)21(25)22-19-14-18(8-9-20(19)31-3)32(26,27)23-16-4-6-17(7-5-16)33(28,29)24-10-12-30-13-11-24/h4-9,14-15,23H,10-13H2,1-3H3,(H,22,25). The van der Waals surface area contributed by atoms with E-state index in [-0.39, 0.29) is 40.4 Å². The van der Waals surface area contributed by atoms with Gasteiger partial charge >= 0.3 is 0 Å². The van der Waals surface area contributed by atoms with Gasteiger partial charge in [0.2, 0.25) is 15.9 Å². The average Bonchev–Trinajstić information content (AvgIpc) is 2.79. The van der Waals surface area contributed by atoms with E-state index in [4.69, 9.17) is 4.74 Å². The van der Waals surface area contributed by atoms with Gasteiger partial charge in [-0.15, -0.1) is 11.8 Å². The van der Waals surface area contributed by atoms with E-state index in [1.807, 2.05) is 6.26 Å².